The number of nitrogens with one attached hydrogen (secondary N) is 2. The Bertz CT molecular complexity index is 878. The van der Waals surface area contributed by atoms with Crippen LogP contribution in [0.15, 0.2) is 45.9 Å². The molecule has 0 fully saturated rings. The van der Waals surface area contributed by atoms with E-state index in [1.807, 2.05) is 12.1 Å². The minimum atomic E-state index is 0. The van der Waals surface area contributed by atoms with E-state index in [9.17, 15) is 0 Å². The number of aryl methyl sites for hydroxylation is 1. The summed E-state index contributed by atoms with van der Waals surface area (Å²) < 4.78 is 5.30. The molecule has 0 atom stereocenters. The lowest BCUT2D eigenvalue weighted by Crippen LogP contribution is -2.37. The predicted molar refractivity (Wildman–Crippen MR) is 121 cm³/mol. The highest BCUT2D eigenvalue weighted by Gasteiger charge is 2.09. The highest BCUT2D eigenvalue weighted by Crippen LogP contribution is 2.18. The first kappa shape index (κ1) is 21.6. The number of aliphatic imine (C=N–C) groups is 1. The Morgan fingerprint density at radius 1 is 1.19 bits per heavy atom. The summed E-state index contributed by atoms with van der Waals surface area (Å²) in [5, 5.41) is 11.2. The molecule has 0 saturated carbocycles. The summed E-state index contributed by atoms with van der Waals surface area (Å²) in [6.45, 7) is 3.49. The molecule has 9 heteroatoms. The largest absolute Gasteiger partial charge is 0.356 e. The molecule has 27 heavy (non-hydrogen) atoms. The summed E-state index contributed by atoms with van der Waals surface area (Å²) >= 11 is 7.67. The van der Waals surface area contributed by atoms with Gasteiger partial charge in [-0.15, -0.1) is 35.3 Å². The average Bonchev–Trinajstić information content (AvgIpc) is 3.28. The molecule has 2 heterocycles. The molecule has 2 N–H and O–H groups in total. The number of guanidine groups is 1. The fourth-order valence-electron chi connectivity index (χ4n) is 2.33. The van der Waals surface area contributed by atoms with Crippen LogP contribution in [-0.2, 0) is 13.0 Å². The van der Waals surface area contributed by atoms with E-state index < -0.39 is 0 Å². The van der Waals surface area contributed by atoms with E-state index in [-0.39, 0.29) is 24.0 Å². The quantitative estimate of drug-likeness (QED) is 0.290. The zero-order chi connectivity index (χ0) is 18.4. The number of hydrogen-bond donors (Lipinski definition) is 2. The molecule has 0 saturated heterocycles. The minimum Gasteiger partial charge on any atom is -0.356 e. The van der Waals surface area contributed by atoms with E-state index in [1.54, 1.807) is 30.5 Å². The lowest BCUT2D eigenvalue weighted by atomic mass is 10.2. The first-order valence-electron chi connectivity index (χ1n) is 8.22. The monoisotopic (exact) mass is 517 g/mol. The Balaban J connectivity index is 0.00000261. The Kier molecular flexibility index (Phi) is 8.52. The normalized spacial score (nSPS) is 11.1. The zero-order valence-electron chi connectivity index (χ0n) is 15.0. The molecule has 0 amide bonds. The molecule has 0 bridgehead atoms. The third kappa shape index (κ3) is 6.47. The van der Waals surface area contributed by atoms with Crippen LogP contribution in [0.2, 0.25) is 5.02 Å². The van der Waals surface area contributed by atoms with Crippen molar-refractivity contribution in [1.82, 2.24) is 20.8 Å². The number of hydrogen-bond acceptors (Lipinski definition) is 5. The molecule has 3 aromatic rings. The molecule has 3 rings (SSSR count). The van der Waals surface area contributed by atoms with Gasteiger partial charge in [-0.3, -0.25) is 4.99 Å². The fourth-order valence-corrected chi connectivity index (χ4v) is 3.29. The molecule has 0 radical (unpaired) electrons. The van der Waals surface area contributed by atoms with Gasteiger partial charge < -0.3 is 15.2 Å². The zero-order valence-corrected chi connectivity index (χ0v) is 18.9. The van der Waals surface area contributed by atoms with Gasteiger partial charge in [-0.05, 0) is 43.3 Å². The molecule has 144 valence electrons. The van der Waals surface area contributed by atoms with E-state index in [0.29, 0.717) is 29.7 Å². The number of rotatable bonds is 6. The van der Waals surface area contributed by atoms with Crippen LogP contribution in [0.4, 0.5) is 0 Å². The summed E-state index contributed by atoms with van der Waals surface area (Å²) in [6.07, 6.45) is 0.611. The van der Waals surface area contributed by atoms with Crippen LogP contribution in [0, 0.1) is 6.92 Å². The second-order valence-electron chi connectivity index (χ2n) is 5.63. The standard InChI is InChI=1S/C18H20ClN5OS.HI/c1-12-3-8-15(26-12)11-22-18(20-2)21-10-9-16-23-17(24-25-16)13-4-6-14(19)7-5-13;/h3-8H,9-11H2,1-2H3,(H2,20,21,22);1H. The van der Waals surface area contributed by atoms with E-state index in [1.165, 1.54) is 9.75 Å². The molecule has 0 spiro atoms. The molecule has 1 aromatic carbocycles. The summed E-state index contributed by atoms with van der Waals surface area (Å²) in [5.74, 6) is 1.88. The van der Waals surface area contributed by atoms with Crippen molar-refractivity contribution in [3.05, 3.63) is 57.1 Å². The SMILES string of the molecule is CN=C(NCCc1nc(-c2ccc(Cl)cc2)no1)NCc1ccc(C)s1.I. The van der Waals surface area contributed by atoms with E-state index in [0.717, 1.165) is 18.1 Å². The third-order valence-electron chi connectivity index (χ3n) is 3.65. The van der Waals surface area contributed by atoms with Gasteiger partial charge in [0.15, 0.2) is 5.96 Å². The van der Waals surface area contributed by atoms with Gasteiger partial charge in [-0.2, -0.15) is 4.98 Å². The Morgan fingerprint density at radius 2 is 1.96 bits per heavy atom. The van der Waals surface area contributed by atoms with Gasteiger partial charge >= 0.3 is 0 Å². The molecule has 2 aromatic heterocycles. The second kappa shape index (κ2) is 10.6. The first-order valence-corrected chi connectivity index (χ1v) is 9.42. The first-order chi connectivity index (χ1) is 12.6. The third-order valence-corrected chi connectivity index (χ3v) is 4.90. The maximum Gasteiger partial charge on any atom is 0.228 e. The summed E-state index contributed by atoms with van der Waals surface area (Å²) in [5.41, 5.74) is 0.876. The maximum absolute atomic E-state index is 5.89. The molecule has 0 aliphatic carbocycles. The molecule has 0 aliphatic rings. The van der Waals surface area contributed by atoms with Crippen LogP contribution in [0.1, 0.15) is 15.6 Å². The van der Waals surface area contributed by atoms with Crippen molar-refractivity contribution < 1.29 is 4.52 Å². The van der Waals surface area contributed by atoms with E-state index >= 15 is 0 Å². The van der Waals surface area contributed by atoms with Crippen molar-refractivity contribution in [2.75, 3.05) is 13.6 Å². The summed E-state index contributed by atoms with van der Waals surface area (Å²) in [6, 6.07) is 11.6. The van der Waals surface area contributed by atoms with Crippen molar-refractivity contribution in [2.45, 2.75) is 19.9 Å². The molecule has 0 unspecified atom stereocenters. The van der Waals surface area contributed by atoms with Crippen molar-refractivity contribution in [3.63, 3.8) is 0 Å². The van der Waals surface area contributed by atoms with Crippen LogP contribution in [0.3, 0.4) is 0 Å². The number of aromatic nitrogens is 2. The highest BCUT2D eigenvalue weighted by atomic mass is 127. The van der Waals surface area contributed by atoms with Gasteiger partial charge in [0.2, 0.25) is 11.7 Å². The average molecular weight is 518 g/mol. The number of halogens is 2. The van der Waals surface area contributed by atoms with Gasteiger partial charge in [0, 0.05) is 40.4 Å². The van der Waals surface area contributed by atoms with Crippen molar-refractivity contribution in [3.8, 4) is 11.4 Å². The minimum absolute atomic E-state index is 0. The predicted octanol–water partition coefficient (Wildman–Crippen LogP) is 4.29. The van der Waals surface area contributed by atoms with Gasteiger partial charge in [-0.25, -0.2) is 0 Å². The Labute approximate surface area is 184 Å². The molecular weight excluding hydrogens is 497 g/mol. The van der Waals surface area contributed by atoms with E-state index in [2.05, 4.69) is 44.8 Å². The van der Waals surface area contributed by atoms with Gasteiger partial charge in [0.1, 0.15) is 0 Å². The van der Waals surface area contributed by atoms with Crippen LogP contribution in [-0.4, -0.2) is 29.7 Å². The highest BCUT2D eigenvalue weighted by molar-refractivity contribution is 14.0. The second-order valence-corrected chi connectivity index (χ2v) is 7.44. The van der Waals surface area contributed by atoms with Gasteiger partial charge in [0.05, 0.1) is 6.54 Å². The topological polar surface area (TPSA) is 75.3 Å². The molecular formula is C18H21ClIN5OS. The fraction of sp³-hybridized carbons (Fsp3) is 0.278. The smallest absolute Gasteiger partial charge is 0.228 e. The summed E-state index contributed by atoms with van der Waals surface area (Å²) in [7, 11) is 1.75. The Morgan fingerprint density at radius 3 is 2.63 bits per heavy atom. The lowest BCUT2D eigenvalue weighted by Gasteiger charge is -2.10. The number of benzene rings is 1. The van der Waals surface area contributed by atoms with Crippen LogP contribution in [0.5, 0.6) is 0 Å². The summed E-state index contributed by atoms with van der Waals surface area (Å²) in [4.78, 5) is 11.2. The van der Waals surface area contributed by atoms with Gasteiger partial charge in [0.25, 0.3) is 0 Å². The van der Waals surface area contributed by atoms with E-state index in [4.69, 9.17) is 16.1 Å². The lowest BCUT2D eigenvalue weighted by molar-refractivity contribution is 0.378. The van der Waals surface area contributed by atoms with Gasteiger partial charge in [-0.1, -0.05) is 16.8 Å². The van der Waals surface area contributed by atoms with Crippen molar-refractivity contribution >= 4 is 52.9 Å². The molecule has 0 aliphatic heterocycles. The number of thiophene rings is 1. The van der Waals surface area contributed by atoms with Crippen LogP contribution < -0.4 is 10.6 Å². The Hall–Kier alpha value is -1.65. The van der Waals surface area contributed by atoms with Crippen molar-refractivity contribution in [1.29, 1.82) is 0 Å². The van der Waals surface area contributed by atoms with Crippen LogP contribution in [0.25, 0.3) is 11.4 Å². The van der Waals surface area contributed by atoms with Crippen LogP contribution >= 0.6 is 46.9 Å². The molecule has 6 nitrogen and oxygen atoms in total. The number of nitrogens with zero attached hydrogens (tertiary/aromatic N) is 3. The maximum atomic E-state index is 5.89. The van der Waals surface area contributed by atoms with Crippen molar-refractivity contribution in [2.24, 2.45) is 4.99 Å².